The molecule has 4 nitrogen and oxygen atoms in total. The Morgan fingerprint density at radius 2 is 1.94 bits per heavy atom. The van der Waals surface area contributed by atoms with Crippen LogP contribution in [0.2, 0.25) is 0 Å². The van der Waals surface area contributed by atoms with Gasteiger partial charge in [0, 0.05) is 19.3 Å². The van der Waals surface area contributed by atoms with E-state index in [1.165, 1.54) is 0 Å². The average molecular weight is 248 g/mol. The summed E-state index contributed by atoms with van der Waals surface area (Å²) < 4.78 is 5.27. The van der Waals surface area contributed by atoms with Crippen molar-refractivity contribution in [2.24, 2.45) is 5.73 Å². The highest BCUT2D eigenvalue weighted by Gasteiger charge is 2.32. The summed E-state index contributed by atoms with van der Waals surface area (Å²) in [6.45, 7) is 3.16. The molecule has 1 unspecified atom stereocenters. The van der Waals surface area contributed by atoms with Crippen molar-refractivity contribution in [1.82, 2.24) is 5.32 Å². The smallest absolute Gasteiger partial charge is 0.244 e. The Labute approximate surface area is 108 Å². The number of nitrogens with one attached hydrogen (secondary N) is 1. The van der Waals surface area contributed by atoms with Gasteiger partial charge in [0.25, 0.3) is 0 Å². The van der Waals surface area contributed by atoms with Crippen molar-refractivity contribution in [2.45, 2.75) is 31.3 Å². The fraction of sp³-hybridized carbons (Fsp3) is 0.500. The van der Waals surface area contributed by atoms with Gasteiger partial charge in [0.2, 0.25) is 5.91 Å². The van der Waals surface area contributed by atoms with E-state index in [9.17, 15) is 4.79 Å². The highest BCUT2D eigenvalue weighted by atomic mass is 16.5. The van der Waals surface area contributed by atoms with Crippen molar-refractivity contribution < 1.29 is 9.53 Å². The molecule has 4 heteroatoms. The molecule has 1 saturated heterocycles. The zero-order valence-corrected chi connectivity index (χ0v) is 10.7. The molecule has 18 heavy (non-hydrogen) atoms. The van der Waals surface area contributed by atoms with Crippen molar-refractivity contribution >= 4 is 5.91 Å². The zero-order chi connectivity index (χ0) is 13.0. The molecule has 0 aromatic heterocycles. The molecule has 0 spiro atoms. The molecule has 1 aliphatic heterocycles. The number of benzene rings is 1. The van der Waals surface area contributed by atoms with Gasteiger partial charge in [0.05, 0.1) is 0 Å². The van der Waals surface area contributed by atoms with Gasteiger partial charge in [-0.1, -0.05) is 30.3 Å². The van der Waals surface area contributed by atoms with E-state index in [2.05, 4.69) is 5.32 Å². The average Bonchev–Trinajstić information content (AvgIpc) is 2.41. The van der Waals surface area contributed by atoms with Crippen molar-refractivity contribution in [3.63, 3.8) is 0 Å². The van der Waals surface area contributed by atoms with Crippen molar-refractivity contribution in [2.75, 3.05) is 13.2 Å². The van der Waals surface area contributed by atoms with Crippen molar-refractivity contribution in [3.05, 3.63) is 35.9 Å². The minimum Gasteiger partial charge on any atom is -0.381 e. The van der Waals surface area contributed by atoms with Crippen LogP contribution in [0.15, 0.2) is 30.3 Å². The molecule has 1 fully saturated rings. The third-order valence-corrected chi connectivity index (χ3v) is 3.40. The van der Waals surface area contributed by atoms with Gasteiger partial charge in [-0.15, -0.1) is 0 Å². The van der Waals surface area contributed by atoms with Gasteiger partial charge in [-0.3, -0.25) is 4.79 Å². The zero-order valence-electron chi connectivity index (χ0n) is 10.7. The number of rotatable bonds is 3. The predicted molar refractivity (Wildman–Crippen MR) is 70.0 cm³/mol. The lowest BCUT2D eigenvalue weighted by Crippen LogP contribution is -2.52. The Bertz CT molecular complexity index is 398. The lowest BCUT2D eigenvalue weighted by Gasteiger charge is -2.29. The number of ether oxygens (including phenoxy) is 1. The topological polar surface area (TPSA) is 64.4 Å². The van der Waals surface area contributed by atoms with Gasteiger partial charge in [-0.2, -0.15) is 0 Å². The van der Waals surface area contributed by atoms with Crippen LogP contribution in [0.3, 0.4) is 0 Å². The van der Waals surface area contributed by atoms with E-state index >= 15 is 0 Å². The number of hydrogen-bond donors (Lipinski definition) is 2. The molecule has 98 valence electrons. The monoisotopic (exact) mass is 248 g/mol. The van der Waals surface area contributed by atoms with Gasteiger partial charge < -0.3 is 15.8 Å². The molecule has 2 rings (SSSR count). The molecule has 0 aliphatic carbocycles. The first-order chi connectivity index (χ1) is 8.60. The number of amides is 1. The number of hydrogen-bond acceptors (Lipinski definition) is 3. The minimum atomic E-state index is -0.987. The molecule has 0 bridgehead atoms. The van der Waals surface area contributed by atoms with Gasteiger partial charge in [-0.05, 0) is 25.3 Å². The van der Waals surface area contributed by atoms with E-state index in [4.69, 9.17) is 10.5 Å². The van der Waals surface area contributed by atoms with Crippen LogP contribution in [0, 0.1) is 0 Å². The van der Waals surface area contributed by atoms with Crippen LogP contribution in [0.1, 0.15) is 25.3 Å². The quantitative estimate of drug-likeness (QED) is 0.843. The second kappa shape index (κ2) is 5.50. The first-order valence-corrected chi connectivity index (χ1v) is 6.34. The summed E-state index contributed by atoms with van der Waals surface area (Å²) in [6.07, 6.45) is 1.72. The predicted octanol–water partition coefficient (Wildman–Crippen LogP) is 1.16. The summed E-state index contributed by atoms with van der Waals surface area (Å²) in [7, 11) is 0. The fourth-order valence-electron chi connectivity index (χ4n) is 2.09. The number of carbonyl (C=O) groups is 1. The first-order valence-electron chi connectivity index (χ1n) is 6.34. The molecular weight excluding hydrogens is 228 g/mol. The molecule has 1 atom stereocenters. The van der Waals surface area contributed by atoms with Crippen molar-refractivity contribution in [1.29, 1.82) is 0 Å². The maximum atomic E-state index is 12.3. The summed E-state index contributed by atoms with van der Waals surface area (Å²) in [5, 5.41) is 3.01. The van der Waals surface area contributed by atoms with Crippen LogP contribution >= 0.6 is 0 Å². The van der Waals surface area contributed by atoms with Crippen LogP contribution in [0.5, 0.6) is 0 Å². The Morgan fingerprint density at radius 3 is 2.56 bits per heavy atom. The molecule has 0 saturated carbocycles. The Morgan fingerprint density at radius 1 is 1.33 bits per heavy atom. The first kappa shape index (κ1) is 13.1. The maximum Gasteiger partial charge on any atom is 0.244 e. The van der Waals surface area contributed by atoms with E-state index in [1.54, 1.807) is 6.92 Å². The highest BCUT2D eigenvalue weighted by Crippen LogP contribution is 2.18. The SMILES string of the molecule is CC(N)(C(=O)NC1CCOCC1)c1ccccc1. The minimum absolute atomic E-state index is 0.124. The van der Waals surface area contributed by atoms with E-state index < -0.39 is 5.54 Å². The van der Waals surface area contributed by atoms with E-state index in [0.29, 0.717) is 13.2 Å². The molecule has 1 amide bonds. The van der Waals surface area contributed by atoms with Gasteiger partial charge in [-0.25, -0.2) is 0 Å². The number of nitrogens with two attached hydrogens (primary N) is 1. The maximum absolute atomic E-state index is 12.3. The van der Waals surface area contributed by atoms with Crippen LogP contribution in [-0.2, 0) is 15.1 Å². The molecule has 0 radical (unpaired) electrons. The lowest BCUT2D eigenvalue weighted by atomic mass is 9.91. The van der Waals surface area contributed by atoms with Crippen LogP contribution in [-0.4, -0.2) is 25.2 Å². The second-order valence-electron chi connectivity index (χ2n) is 4.93. The summed E-state index contributed by atoms with van der Waals surface area (Å²) >= 11 is 0. The molecule has 1 aromatic rings. The molecular formula is C14H20N2O2. The van der Waals surface area contributed by atoms with Crippen molar-refractivity contribution in [3.8, 4) is 0 Å². The highest BCUT2D eigenvalue weighted by molar-refractivity contribution is 5.87. The van der Waals surface area contributed by atoms with E-state index in [1.807, 2.05) is 30.3 Å². The third kappa shape index (κ3) is 2.89. The standard InChI is InChI=1S/C14H20N2O2/c1-14(15,11-5-3-2-4-6-11)13(17)16-12-7-9-18-10-8-12/h2-6,12H,7-10,15H2,1H3,(H,16,17). The summed E-state index contributed by atoms with van der Waals surface area (Å²) in [5.41, 5.74) is 6.00. The van der Waals surface area contributed by atoms with Gasteiger partial charge in [0.15, 0.2) is 0 Å². The Balaban J connectivity index is 2.03. The Hall–Kier alpha value is -1.39. The molecule has 1 aliphatic rings. The largest absolute Gasteiger partial charge is 0.381 e. The van der Waals surface area contributed by atoms with Crippen LogP contribution in [0.25, 0.3) is 0 Å². The lowest BCUT2D eigenvalue weighted by molar-refractivity contribution is -0.127. The number of carbonyl (C=O) groups excluding carboxylic acids is 1. The molecule has 1 aromatic carbocycles. The van der Waals surface area contributed by atoms with Crippen LogP contribution in [0.4, 0.5) is 0 Å². The molecule has 3 N–H and O–H groups in total. The van der Waals surface area contributed by atoms with Gasteiger partial charge >= 0.3 is 0 Å². The van der Waals surface area contributed by atoms with E-state index in [0.717, 1.165) is 18.4 Å². The normalized spacial score (nSPS) is 20.1. The molecule has 1 heterocycles. The summed E-state index contributed by atoms with van der Waals surface area (Å²) in [6, 6.07) is 9.63. The third-order valence-electron chi connectivity index (χ3n) is 3.40. The van der Waals surface area contributed by atoms with Crippen LogP contribution < -0.4 is 11.1 Å². The summed E-state index contributed by atoms with van der Waals surface area (Å²) in [4.78, 5) is 12.3. The van der Waals surface area contributed by atoms with E-state index in [-0.39, 0.29) is 11.9 Å². The summed E-state index contributed by atoms with van der Waals surface area (Å²) in [5.74, 6) is -0.124. The second-order valence-corrected chi connectivity index (χ2v) is 4.93. The fourth-order valence-corrected chi connectivity index (χ4v) is 2.09. The Kier molecular flexibility index (Phi) is 3.99. The van der Waals surface area contributed by atoms with Gasteiger partial charge in [0.1, 0.15) is 5.54 Å².